The molecule has 1 fully saturated rings. The lowest BCUT2D eigenvalue weighted by Crippen LogP contribution is -2.55. The number of benzene rings is 1. The Bertz CT molecular complexity index is 541. The molecule has 1 unspecified atom stereocenters. The number of amides is 1. The van der Waals surface area contributed by atoms with Gasteiger partial charge in [0.25, 0.3) is 0 Å². The highest BCUT2D eigenvalue weighted by Crippen LogP contribution is 2.19. The number of nitrogens with one attached hydrogen (secondary N) is 1. The zero-order chi connectivity index (χ0) is 14.8. The lowest BCUT2D eigenvalue weighted by Gasteiger charge is -2.23. The molecular weight excluding hydrogens is 272 g/mol. The van der Waals surface area contributed by atoms with E-state index >= 15 is 0 Å². The van der Waals surface area contributed by atoms with Gasteiger partial charge in [-0.3, -0.25) is 4.79 Å². The normalized spacial score (nSPS) is 21.7. The molecule has 1 atom stereocenters. The number of hydrogen-bond donors (Lipinski definition) is 2. The maximum atomic E-state index is 13.4. The van der Waals surface area contributed by atoms with Gasteiger partial charge in [-0.2, -0.15) is 0 Å². The first-order valence-corrected chi connectivity index (χ1v) is 6.00. The van der Waals surface area contributed by atoms with Crippen molar-refractivity contribution in [3.8, 4) is 0 Å². The zero-order valence-electron chi connectivity index (χ0n) is 10.5. The number of ether oxygens (including phenoxy) is 1. The van der Waals surface area contributed by atoms with E-state index in [-0.39, 0.29) is 25.2 Å². The molecule has 0 saturated carbocycles. The lowest BCUT2D eigenvalue weighted by atomic mass is 9.98. The van der Waals surface area contributed by atoms with Gasteiger partial charge in [0.1, 0.15) is 0 Å². The quantitative estimate of drug-likeness (QED) is 0.860. The van der Waals surface area contributed by atoms with Gasteiger partial charge in [0.15, 0.2) is 17.2 Å². The molecule has 0 spiro atoms. The van der Waals surface area contributed by atoms with E-state index in [1.165, 1.54) is 12.1 Å². The molecule has 1 aliphatic heterocycles. The van der Waals surface area contributed by atoms with Crippen LogP contribution < -0.4 is 5.32 Å². The highest BCUT2D eigenvalue weighted by atomic mass is 19.2. The summed E-state index contributed by atoms with van der Waals surface area (Å²) in [7, 11) is 0. The summed E-state index contributed by atoms with van der Waals surface area (Å²) < 4.78 is 31.4. The van der Waals surface area contributed by atoms with Crippen molar-refractivity contribution in [1.82, 2.24) is 5.32 Å². The van der Waals surface area contributed by atoms with Gasteiger partial charge < -0.3 is 15.2 Å². The third-order valence-corrected chi connectivity index (χ3v) is 3.19. The number of hydrogen-bond acceptors (Lipinski definition) is 3. The summed E-state index contributed by atoms with van der Waals surface area (Å²) >= 11 is 0. The molecule has 0 aliphatic carbocycles. The van der Waals surface area contributed by atoms with Crippen LogP contribution >= 0.6 is 0 Å². The third-order valence-electron chi connectivity index (χ3n) is 3.19. The molecule has 1 aliphatic rings. The van der Waals surface area contributed by atoms with Crippen molar-refractivity contribution in [2.75, 3.05) is 13.2 Å². The summed E-state index contributed by atoms with van der Waals surface area (Å²) in [5, 5.41) is 11.5. The van der Waals surface area contributed by atoms with Crippen molar-refractivity contribution >= 4 is 11.9 Å². The Morgan fingerprint density at radius 2 is 2.15 bits per heavy atom. The van der Waals surface area contributed by atoms with E-state index in [0.717, 1.165) is 6.07 Å². The number of carboxylic acid groups (broad SMARTS) is 1. The first-order chi connectivity index (χ1) is 9.44. The van der Waals surface area contributed by atoms with Crippen molar-refractivity contribution in [3.63, 3.8) is 0 Å². The fraction of sp³-hybridized carbons (Fsp3) is 0.385. The Morgan fingerprint density at radius 3 is 2.75 bits per heavy atom. The second-order valence-corrected chi connectivity index (χ2v) is 4.63. The van der Waals surface area contributed by atoms with Crippen LogP contribution in [-0.4, -0.2) is 35.7 Å². The van der Waals surface area contributed by atoms with Gasteiger partial charge in [0.05, 0.1) is 13.0 Å². The summed E-state index contributed by atoms with van der Waals surface area (Å²) in [5.74, 6) is -4.05. The Morgan fingerprint density at radius 1 is 1.40 bits per heavy atom. The molecule has 108 valence electrons. The molecule has 1 amide bonds. The highest BCUT2D eigenvalue weighted by molar-refractivity contribution is 5.88. The van der Waals surface area contributed by atoms with Crippen molar-refractivity contribution in [2.45, 2.75) is 18.4 Å². The Kier molecular flexibility index (Phi) is 3.99. The van der Waals surface area contributed by atoms with E-state index in [1.54, 1.807) is 0 Å². The van der Waals surface area contributed by atoms with E-state index in [9.17, 15) is 18.4 Å². The number of aliphatic carboxylic acids is 1. The molecule has 1 saturated heterocycles. The van der Waals surface area contributed by atoms with Crippen molar-refractivity contribution in [1.29, 1.82) is 0 Å². The summed E-state index contributed by atoms with van der Waals surface area (Å²) in [6.45, 7) is 0.0839. The predicted molar refractivity (Wildman–Crippen MR) is 64.0 cm³/mol. The van der Waals surface area contributed by atoms with Crippen LogP contribution in [0.2, 0.25) is 0 Å². The molecule has 1 heterocycles. The van der Waals surface area contributed by atoms with Gasteiger partial charge in [-0.15, -0.1) is 0 Å². The second kappa shape index (κ2) is 5.54. The van der Waals surface area contributed by atoms with Crippen LogP contribution in [0.4, 0.5) is 8.78 Å². The van der Waals surface area contributed by atoms with E-state index in [0.29, 0.717) is 0 Å². The summed E-state index contributed by atoms with van der Waals surface area (Å²) in [6, 6.07) is 3.50. The lowest BCUT2D eigenvalue weighted by molar-refractivity contribution is -0.147. The first-order valence-electron chi connectivity index (χ1n) is 6.00. The monoisotopic (exact) mass is 285 g/mol. The number of rotatable bonds is 4. The van der Waals surface area contributed by atoms with Gasteiger partial charge >= 0.3 is 5.97 Å². The minimum Gasteiger partial charge on any atom is -0.479 e. The molecule has 1 aromatic rings. The standard InChI is InChI=1S/C13H13F2NO4/c14-9-3-1-2-8(11(9)15)6-10(17)16-13(12(18)19)4-5-20-7-13/h1-3H,4-7H2,(H,16,17)(H,18,19). The smallest absolute Gasteiger partial charge is 0.331 e. The minimum atomic E-state index is -1.49. The average molecular weight is 285 g/mol. The molecule has 2 rings (SSSR count). The topological polar surface area (TPSA) is 75.6 Å². The molecule has 2 N–H and O–H groups in total. The molecule has 5 nitrogen and oxygen atoms in total. The van der Waals surface area contributed by atoms with Crippen molar-refractivity contribution in [2.24, 2.45) is 0 Å². The third kappa shape index (κ3) is 2.77. The highest BCUT2D eigenvalue weighted by Gasteiger charge is 2.43. The molecule has 0 aromatic heterocycles. The molecular formula is C13H13F2NO4. The minimum absolute atomic E-state index is 0.123. The van der Waals surface area contributed by atoms with Crippen LogP contribution in [-0.2, 0) is 20.7 Å². The summed E-state index contributed by atoms with van der Waals surface area (Å²) in [6.07, 6.45) is -0.293. The largest absolute Gasteiger partial charge is 0.479 e. The van der Waals surface area contributed by atoms with Crippen LogP contribution in [0.1, 0.15) is 12.0 Å². The zero-order valence-corrected chi connectivity index (χ0v) is 10.5. The van der Waals surface area contributed by atoms with Crippen LogP contribution in [0, 0.1) is 11.6 Å². The average Bonchev–Trinajstić information content (AvgIpc) is 2.85. The van der Waals surface area contributed by atoms with E-state index < -0.39 is 35.5 Å². The first kappa shape index (κ1) is 14.4. The Labute approximate surface area is 113 Å². The molecule has 20 heavy (non-hydrogen) atoms. The SMILES string of the molecule is O=C(Cc1cccc(F)c1F)NC1(C(=O)O)CCOC1. The number of carbonyl (C=O) groups excluding carboxylic acids is 1. The molecule has 1 aromatic carbocycles. The maximum absolute atomic E-state index is 13.4. The van der Waals surface area contributed by atoms with Crippen molar-refractivity contribution < 1.29 is 28.2 Å². The van der Waals surface area contributed by atoms with Crippen LogP contribution in [0.3, 0.4) is 0 Å². The fourth-order valence-electron chi connectivity index (χ4n) is 2.05. The van der Waals surface area contributed by atoms with Gasteiger partial charge in [0.2, 0.25) is 5.91 Å². The Balaban J connectivity index is 2.09. The maximum Gasteiger partial charge on any atom is 0.331 e. The van der Waals surface area contributed by atoms with Crippen LogP contribution in [0.5, 0.6) is 0 Å². The molecule has 0 bridgehead atoms. The van der Waals surface area contributed by atoms with E-state index in [1.807, 2.05) is 0 Å². The predicted octanol–water partition coefficient (Wildman–Crippen LogP) is 0.867. The second-order valence-electron chi connectivity index (χ2n) is 4.63. The van der Waals surface area contributed by atoms with E-state index in [2.05, 4.69) is 5.32 Å². The van der Waals surface area contributed by atoms with Crippen LogP contribution in [0.25, 0.3) is 0 Å². The number of carbonyl (C=O) groups is 2. The van der Waals surface area contributed by atoms with Gasteiger partial charge in [-0.1, -0.05) is 12.1 Å². The molecule has 7 heteroatoms. The summed E-state index contributed by atoms with van der Waals surface area (Å²) in [4.78, 5) is 23.0. The van der Waals surface area contributed by atoms with Gasteiger partial charge in [-0.05, 0) is 6.07 Å². The van der Waals surface area contributed by atoms with Crippen molar-refractivity contribution in [3.05, 3.63) is 35.4 Å². The van der Waals surface area contributed by atoms with Gasteiger partial charge in [0, 0.05) is 18.6 Å². The van der Waals surface area contributed by atoms with Gasteiger partial charge in [-0.25, -0.2) is 13.6 Å². The van der Waals surface area contributed by atoms with Crippen LogP contribution in [0.15, 0.2) is 18.2 Å². The fourth-order valence-corrected chi connectivity index (χ4v) is 2.05. The van der Waals surface area contributed by atoms with E-state index in [4.69, 9.17) is 9.84 Å². The summed E-state index contributed by atoms with van der Waals surface area (Å²) in [5.41, 5.74) is -1.61. The Hall–Kier alpha value is -2.02. The molecule has 0 radical (unpaired) electrons. The number of carboxylic acids is 1. The number of halogens is 2.